The molecule has 0 aliphatic rings. The fourth-order valence-electron chi connectivity index (χ4n) is 0.829. The summed E-state index contributed by atoms with van der Waals surface area (Å²) >= 11 is 0. The Labute approximate surface area is 69.6 Å². The molecule has 1 rings (SSSR count). The van der Waals surface area contributed by atoms with E-state index in [0.717, 1.165) is 11.4 Å². The zero-order valence-corrected chi connectivity index (χ0v) is 6.87. The number of nitrogens with zero attached hydrogens (tertiary/aromatic N) is 2. The Morgan fingerprint density at radius 2 is 1.92 bits per heavy atom. The maximum absolute atomic E-state index is 10.3. The number of primary amides is 1. The van der Waals surface area contributed by atoms with Gasteiger partial charge in [0.05, 0.1) is 0 Å². The van der Waals surface area contributed by atoms with Crippen LogP contribution in [0.4, 0.5) is 4.79 Å². The van der Waals surface area contributed by atoms with Crippen LogP contribution in [0.25, 0.3) is 0 Å². The van der Waals surface area contributed by atoms with Crippen molar-refractivity contribution in [1.82, 2.24) is 9.97 Å². The van der Waals surface area contributed by atoms with Crippen molar-refractivity contribution in [1.29, 1.82) is 0 Å². The standard InChI is InChI=1S/C7H9N3O2/c1-4-3-5(2)10-7(9-4)12-6(8)11/h3H,1-2H3,(H2,8,11). The smallest absolute Gasteiger partial charge is 0.374 e. The molecule has 2 N–H and O–H groups in total. The van der Waals surface area contributed by atoms with Crippen molar-refractivity contribution >= 4 is 6.09 Å². The van der Waals surface area contributed by atoms with E-state index >= 15 is 0 Å². The predicted molar refractivity (Wildman–Crippen MR) is 41.7 cm³/mol. The maximum Gasteiger partial charge on any atom is 0.412 e. The molecule has 0 unspecified atom stereocenters. The lowest BCUT2D eigenvalue weighted by Crippen LogP contribution is -2.18. The summed E-state index contributed by atoms with van der Waals surface area (Å²) in [6.07, 6.45) is -0.903. The molecule has 64 valence electrons. The van der Waals surface area contributed by atoms with E-state index < -0.39 is 6.09 Å². The average Bonchev–Trinajstić information content (AvgIpc) is 1.81. The molecular weight excluding hydrogens is 158 g/mol. The van der Waals surface area contributed by atoms with Gasteiger partial charge in [0.15, 0.2) is 0 Å². The van der Waals surface area contributed by atoms with Crippen molar-refractivity contribution in [3.63, 3.8) is 0 Å². The first kappa shape index (κ1) is 8.45. The molecule has 0 saturated heterocycles. The summed E-state index contributed by atoms with van der Waals surface area (Å²) in [6.45, 7) is 3.56. The normalized spacial score (nSPS) is 9.50. The van der Waals surface area contributed by atoms with Gasteiger partial charge < -0.3 is 10.5 Å². The molecule has 0 aromatic carbocycles. The summed E-state index contributed by atoms with van der Waals surface area (Å²) in [6, 6.07) is 1.77. The van der Waals surface area contributed by atoms with E-state index in [2.05, 4.69) is 14.7 Å². The Kier molecular flexibility index (Phi) is 2.23. The van der Waals surface area contributed by atoms with E-state index in [1.54, 1.807) is 19.9 Å². The Morgan fingerprint density at radius 1 is 1.42 bits per heavy atom. The highest BCUT2D eigenvalue weighted by Crippen LogP contribution is 2.05. The lowest BCUT2D eigenvalue weighted by molar-refractivity contribution is 0.206. The number of amides is 1. The van der Waals surface area contributed by atoms with Gasteiger partial charge in [-0.05, 0) is 19.9 Å². The van der Waals surface area contributed by atoms with E-state index in [4.69, 9.17) is 5.73 Å². The molecule has 12 heavy (non-hydrogen) atoms. The molecule has 0 bridgehead atoms. The molecule has 1 heterocycles. The third kappa shape index (κ3) is 2.19. The summed E-state index contributed by atoms with van der Waals surface area (Å²) in [7, 11) is 0. The van der Waals surface area contributed by atoms with Crippen LogP contribution in [0, 0.1) is 13.8 Å². The van der Waals surface area contributed by atoms with Crippen LogP contribution in [-0.4, -0.2) is 16.1 Å². The van der Waals surface area contributed by atoms with Gasteiger partial charge in [-0.2, -0.15) is 0 Å². The minimum absolute atomic E-state index is 0.000000000000000222. The molecule has 0 spiro atoms. The number of hydrogen-bond acceptors (Lipinski definition) is 4. The molecule has 0 atom stereocenters. The first-order chi connectivity index (χ1) is 5.58. The molecule has 1 aromatic heterocycles. The molecule has 1 amide bonds. The first-order valence-corrected chi connectivity index (χ1v) is 3.37. The summed E-state index contributed by atoms with van der Waals surface area (Å²) < 4.78 is 4.49. The lowest BCUT2D eigenvalue weighted by atomic mass is 10.4. The number of aryl methyl sites for hydroxylation is 2. The largest absolute Gasteiger partial charge is 0.412 e. The molecule has 5 heteroatoms. The van der Waals surface area contributed by atoms with Gasteiger partial charge in [-0.15, -0.1) is 0 Å². The average molecular weight is 167 g/mol. The van der Waals surface area contributed by atoms with Gasteiger partial charge in [-0.1, -0.05) is 0 Å². The minimum atomic E-state index is -0.903. The van der Waals surface area contributed by atoms with Crippen molar-refractivity contribution in [3.05, 3.63) is 17.5 Å². The van der Waals surface area contributed by atoms with Crippen molar-refractivity contribution < 1.29 is 9.53 Å². The van der Waals surface area contributed by atoms with Gasteiger partial charge in [0.2, 0.25) is 0 Å². The summed E-state index contributed by atoms with van der Waals surface area (Å²) in [5.74, 6) is 0. The number of carbonyl (C=O) groups excluding carboxylic acids is 1. The monoisotopic (exact) mass is 167 g/mol. The molecule has 0 radical (unpaired) electrons. The number of ether oxygens (including phenoxy) is 1. The third-order valence-electron chi connectivity index (χ3n) is 1.15. The number of rotatable bonds is 1. The van der Waals surface area contributed by atoms with Crippen LogP contribution in [0.15, 0.2) is 6.07 Å². The fourth-order valence-corrected chi connectivity index (χ4v) is 0.829. The molecule has 1 aromatic rings. The van der Waals surface area contributed by atoms with Crippen LogP contribution in [0.5, 0.6) is 6.01 Å². The Bertz CT molecular complexity index is 291. The first-order valence-electron chi connectivity index (χ1n) is 3.37. The van der Waals surface area contributed by atoms with E-state index in [0.29, 0.717) is 0 Å². The van der Waals surface area contributed by atoms with Crippen LogP contribution in [0.3, 0.4) is 0 Å². The van der Waals surface area contributed by atoms with Gasteiger partial charge in [0, 0.05) is 11.4 Å². The molecule has 0 aliphatic carbocycles. The second kappa shape index (κ2) is 3.17. The zero-order chi connectivity index (χ0) is 9.14. The number of hydrogen-bond donors (Lipinski definition) is 1. The SMILES string of the molecule is Cc1cc(C)nc(OC(N)=O)n1. The van der Waals surface area contributed by atoms with Crippen LogP contribution in [0.1, 0.15) is 11.4 Å². The summed E-state index contributed by atoms with van der Waals surface area (Å²) in [4.78, 5) is 18.0. The minimum Gasteiger partial charge on any atom is -0.374 e. The highest BCUT2D eigenvalue weighted by Gasteiger charge is 2.02. The molecule has 0 saturated carbocycles. The second-order valence-electron chi connectivity index (χ2n) is 2.35. The van der Waals surface area contributed by atoms with Crippen LogP contribution >= 0.6 is 0 Å². The van der Waals surface area contributed by atoms with Crippen LogP contribution in [0.2, 0.25) is 0 Å². The van der Waals surface area contributed by atoms with Gasteiger partial charge in [0.1, 0.15) is 0 Å². The number of aromatic nitrogens is 2. The Morgan fingerprint density at radius 3 is 2.33 bits per heavy atom. The topological polar surface area (TPSA) is 78.1 Å². The zero-order valence-electron chi connectivity index (χ0n) is 6.87. The maximum atomic E-state index is 10.3. The number of nitrogens with two attached hydrogens (primary N) is 1. The van der Waals surface area contributed by atoms with E-state index in [-0.39, 0.29) is 6.01 Å². The highest BCUT2D eigenvalue weighted by atomic mass is 16.6. The fraction of sp³-hybridized carbons (Fsp3) is 0.286. The van der Waals surface area contributed by atoms with Crippen molar-refractivity contribution in [2.24, 2.45) is 5.73 Å². The molecule has 5 nitrogen and oxygen atoms in total. The quantitative estimate of drug-likeness (QED) is 0.662. The van der Waals surface area contributed by atoms with E-state index in [9.17, 15) is 4.79 Å². The van der Waals surface area contributed by atoms with Gasteiger partial charge in [-0.3, -0.25) is 0 Å². The van der Waals surface area contributed by atoms with E-state index in [1.165, 1.54) is 0 Å². The van der Waals surface area contributed by atoms with Crippen LogP contribution in [-0.2, 0) is 0 Å². The van der Waals surface area contributed by atoms with Crippen LogP contribution < -0.4 is 10.5 Å². The Hall–Kier alpha value is -1.65. The van der Waals surface area contributed by atoms with Gasteiger partial charge >= 0.3 is 12.1 Å². The van der Waals surface area contributed by atoms with Crippen molar-refractivity contribution in [2.45, 2.75) is 13.8 Å². The van der Waals surface area contributed by atoms with Crippen molar-refractivity contribution in [2.75, 3.05) is 0 Å². The predicted octanol–water partition coefficient (Wildman–Crippen LogP) is 0.551. The molecule has 0 aliphatic heterocycles. The van der Waals surface area contributed by atoms with Gasteiger partial charge in [-0.25, -0.2) is 14.8 Å². The molecular formula is C7H9N3O2. The third-order valence-corrected chi connectivity index (χ3v) is 1.15. The Balaban J connectivity index is 2.93. The molecule has 0 fully saturated rings. The van der Waals surface area contributed by atoms with Crippen molar-refractivity contribution in [3.8, 4) is 6.01 Å². The van der Waals surface area contributed by atoms with E-state index in [1.807, 2.05) is 0 Å². The van der Waals surface area contributed by atoms with Gasteiger partial charge in [0.25, 0.3) is 0 Å². The number of carbonyl (C=O) groups is 1. The summed E-state index contributed by atoms with van der Waals surface area (Å²) in [5, 5.41) is 0. The summed E-state index contributed by atoms with van der Waals surface area (Å²) in [5.41, 5.74) is 6.25. The lowest BCUT2D eigenvalue weighted by Gasteiger charge is -2.00. The second-order valence-corrected chi connectivity index (χ2v) is 2.35. The highest BCUT2D eigenvalue weighted by molar-refractivity contribution is 5.66.